The van der Waals surface area contributed by atoms with E-state index in [9.17, 15) is 4.79 Å². The minimum Gasteiger partial charge on any atom is -0.321 e. The van der Waals surface area contributed by atoms with Crippen LogP contribution in [0.15, 0.2) is 12.2 Å². The Morgan fingerprint density at radius 3 is 2.22 bits per heavy atom. The summed E-state index contributed by atoms with van der Waals surface area (Å²) in [5.74, 6) is 0.0259. The number of hydrogen-bond acceptors (Lipinski definition) is 2. The van der Waals surface area contributed by atoms with Crippen molar-refractivity contribution < 1.29 is 4.79 Å². The Bertz CT molecular complexity index is 129. The molecule has 0 amide bonds. The van der Waals surface area contributed by atoms with E-state index in [2.05, 4.69) is 6.58 Å². The normalized spacial score (nSPS) is 12.8. The minimum atomic E-state index is -0.345. The van der Waals surface area contributed by atoms with E-state index >= 15 is 0 Å². The first-order valence-electron chi connectivity index (χ1n) is 2.94. The smallest absolute Gasteiger partial charge is 0.146 e. The molecule has 2 nitrogen and oxygen atoms in total. The molecule has 2 heteroatoms. The maximum Gasteiger partial charge on any atom is 0.146 e. The van der Waals surface area contributed by atoms with Gasteiger partial charge in [0.1, 0.15) is 5.78 Å². The summed E-state index contributed by atoms with van der Waals surface area (Å²) < 4.78 is 0. The Labute approximate surface area is 55.7 Å². The van der Waals surface area contributed by atoms with E-state index < -0.39 is 0 Å². The van der Waals surface area contributed by atoms with Gasteiger partial charge in [0, 0.05) is 0 Å². The molecule has 52 valence electrons. The topological polar surface area (TPSA) is 43.1 Å². The van der Waals surface area contributed by atoms with Crippen LogP contribution in [0.4, 0.5) is 0 Å². The molecule has 0 rings (SSSR count). The Morgan fingerprint density at radius 2 is 2.11 bits per heavy atom. The van der Waals surface area contributed by atoms with E-state index in [-0.39, 0.29) is 11.8 Å². The summed E-state index contributed by atoms with van der Waals surface area (Å²) in [7, 11) is 0. The Hall–Kier alpha value is -0.630. The lowest BCUT2D eigenvalue weighted by Crippen LogP contribution is -2.28. The van der Waals surface area contributed by atoms with Crippen molar-refractivity contribution in [3.05, 3.63) is 12.2 Å². The predicted molar refractivity (Wildman–Crippen MR) is 38.1 cm³/mol. The number of carbonyl (C=O) groups excluding carboxylic acids is 1. The highest BCUT2D eigenvalue weighted by molar-refractivity contribution is 5.81. The van der Waals surface area contributed by atoms with Crippen LogP contribution in [0.5, 0.6) is 0 Å². The zero-order chi connectivity index (χ0) is 7.44. The average molecular weight is 127 g/mol. The number of carbonyl (C=O) groups is 1. The lowest BCUT2D eigenvalue weighted by molar-refractivity contribution is -0.118. The molecule has 0 unspecified atom stereocenters. The quantitative estimate of drug-likeness (QED) is 0.571. The molecule has 2 N–H and O–H groups in total. The highest BCUT2D eigenvalue weighted by Crippen LogP contribution is 1.99. The van der Waals surface area contributed by atoms with E-state index in [0.29, 0.717) is 6.42 Å². The number of hydrogen-bond donors (Lipinski definition) is 1. The van der Waals surface area contributed by atoms with Crippen molar-refractivity contribution in [2.45, 2.75) is 26.3 Å². The number of Topliss-reactive ketones (excluding diaryl/α,β-unsaturated/α-hetero) is 1. The van der Waals surface area contributed by atoms with E-state index in [1.165, 1.54) is 6.92 Å². The molecule has 0 saturated heterocycles. The third-order valence-electron chi connectivity index (χ3n) is 1.09. The standard InChI is InChI=1S/C7H13NO/c1-5(2)4-7(8)6(3)9/h7H,1,4,8H2,2-3H3/t7-/m0/s1. The van der Waals surface area contributed by atoms with Crippen molar-refractivity contribution in [1.82, 2.24) is 0 Å². The highest BCUT2D eigenvalue weighted by Gasteiger charge is 2.06. The Kier molecular flexibility index (Phi) is 3.17. The second kappa shape index (κ2) is 3.41. The minimum absolute atomic E-state index is 0.0259. The van der Waals surface area contributed by atoms with Gasteiger partial charge < -0.3 is 5.73 Å². The van der Waals surface area contributed by atoms with Gasteiger partial charge in [-0.3, -0.25) is 4.79 Å². The number of ketones is 1. The molecule has 0 aromatic rings. The van der Waals surface area contributed by atoms with Crippen LogP contribution in [0.1, 0.15) is 20.3 Å². The molecular formula is C7H13NO. The van der Waals surface area contributed by atoms with Crippen molar-refractivity contribution >= 4 is 5.78 Å². The fourth-order valence-electron chi connectivity index (χ4n) is 0.519. The largest absolute Gasteiger partial charge is 0.321 e. The molecule has 0 spiro atoms. The molecular weight excluding hydrogens is 114 g/mol. The Morgan fingerprint density at radius 1 is 1.67 bits per heavy atom. The van der Waals surface area contributed by atoms with Crippen molar-refractivity contribution in [3.8, 4) is 0 Å². The van der Waals surface area contributed by atoms with Crippen molar-refractivity contribution in [2.24, 2.45) is 5.73 Å². The summed E-state index contributed by atoms with van der Waals surface area (Å²) in [5, 5.41) is 0. The molecule has 0 fully saturated rings. The van der Waals surface area contributed by atoms with Gasteiger partial charge >= 0.3 is 0 Å². The molecule has 0 radical (unpaired) electrons. The lowest BCUT2D eigenvalue weighted by atomic mass is 10.1. The molecule has 1 atom stereocenters. The van der Waals surface area contributed by atoms with E-state index in [4.69, 9.17) is 5.73 Å². The van der Waals surface area contributed by atoms with E-state index in [1.54, 1.807) is 0 Å². The second-order valence-electron chi connectivity index (χ2n) is 2.38. The van der Waals surface area contributed by atoms with Gasteiger partial charge in [-0.1, -0.05) is 5.57 Å². The molecule has 0 saturated carbocycles. The van der Waals surface area contributed by atoms with Crippen LogP contribution < -0.4 is 5.73 Å². The zero-order valence-electron chi connectivity index (χ0n) is 5.98. The molecule has 0 bridgehead atoms. The molecule has 0 heterocycles. The first-order chi connectivity index (χ1) is 4.04. The maximum absolute atomic E-state index is 10.5. The summed E-state index contributed by atoms with van der Waals surface area (Å²) in [4.78, 5) is 10.5. The summed E-state index contributed by atoms with van der Waals surface area (Å²) >= 11 is 0. The van der Waals surface area contributed by atoms with Gasteiger partial charge in [0.25, 0.3) is 0 Å². The molecule has 0 aliphatic heterocycles. The van der Waals surface area contributed by atoms with Crippen LogP contribution in [0.3, 0.4) is 0 Å². The zero-order valence-corrected chi connectivity index (χ0v) is 5.98. The Balaban J connectivity index is 3.63. The van der Waals surface area contributed by atoms with Crippen LogP contribution >= 0.6 is 0 Å². The van der Waals surface area contributed by atoms with Crippen LogP contribution in [0.25, 0.3) is 0 Å². The summed E-state index contributed by atoms with van der Waals surface area (Å²) in [5.41, 5.74) is 6.36. The van der Waals surface area contributed by atoms with Crippen molar-refractivity contribution in [3.63, 3.8) is 0 Å². The maximum atomic E-state index is 10.5. The summed E-state index contributed by atoms with van der Waals surface area (Å²) in [6, 6.07) is -0.345. The fourth-order valence-corrected chi connectivity index (χ4v) is 0.519. The SMILES string of the molecule is C=C(C)C[C@H](N)C(C)=O. The fraction of sp³-hybridized carbons (Fsp3) is 0.571. The number of rotatable bonds is 3. The average Bonchev–Trinajstić information content (AvgIpc) is 1.63. The van der Waals surface area contributed by atoms with Gasteiger partial charge in [0.2, 0.25) is 0 Å². The van der Waals surface area contributed by atoms with Gasteiger partial charge in [-0.25, -0.2) is 0 Å². The van der Waals surface area contributed by atoms with Gasteiger partial charge in [0.15, 0.2) is 0 Å². The second-order valence-corrected chi connectivity index (χ2v) is 2.38. The lowest BCUT2D eigenvalue weighted by Gasteiger charge is -2.04. The molecule has 0 aromatic heterocycles. The van der Waals surface area contributed by atoms with Crippen molar-refractivity contribution in [1.29, 1.82) is 0 Å². The molecule has 0 aliphatic carbocycles. The highest BCUT2D eigenvalue weighted by atomic mass is 16.1. The van der Waals surface area contributed by atoms with Gasteiger partial charge in [-0.15, -0.1) is 6.58 Å². The predicted octanol–water partition coefficient (Wildman–Crippen LogP) is 0.869. The number of nitrogens with two attached hydrogens (primary N) is 1. The summed E-state index contributed by atoms with van der Waals surface area (Å²) in [6.07, 6.45) is 0.606. The van der Waals surface area contributed by atoms with Gasteiger partial charge in [0.05, 0.1) is 6.04 Å². The van der Waals surface area contributed by atoms with Crippen LogP contribution in [0.2, 0.25) is 0 Å². The van der Waals surface area contributed by atoms with Gasteiger partial charge in [-0.05, 0) is 20.3 Å². The third kappa shape index (κ3) is 3.91. The molecule has 9 heavy (non-hydrogen) atoms. The van der Waals surface area contributed by atoms with E-state index in [0.717, 1.165) is 5.57 Å². The van der Waals surface area contributed by atoms with Crippen LogP contribution in [-0.2, 0) is 4.79 Å². The van der Waals surface area contributed by atoms with E-state index in [1.807, 2.05) is 6.92 Å². The van der Waals surface area contributed by atoms with Gasteiger partial charge in [-0.2, -0.15) is 0 Å². The third-order valence-corrected chi connectivity index (χ3v) is 1.09. The van der Waals surface area contributed by atoms with Crippen LogP contribution in [0, 0.1) is 0 Å². The van der Waals surface area contributed by atoms with Crippen LogP contribution in [-0.4, -0.2) is 11.8 Å². The summed E-state index contributed by atoms with van der Waals surface area (Å²) in [6.45, 7) is 7.00. The molecule has 0 aliphatic rings. The monoisotopic (exact) mass is 127 g/mol. The first kappa shape index (κ1) is 8.37. The van der Waals surface area contributed by atoms with Crippen molar-refractivity contribution in [2.75, 3.05) is 0 Å². The first-order valence-corrected chi connectivity index (χ1v) is 2.94. The molecule has 0 aromatic carbocycles.